The summed E-state index contributed by atoms with van der Waals surface area (Å²) in [6.07, 6.45) is 0. The predicted octanol–water partition coefficient (Wildman–Crippen LogP) is 12.9. The van der Waals surface area contributed by atoms with Crippen LogP contribution < -0.4 is 4.90 Å². The second-order valence-corrected chi connectivity index (χ2v) is 12.7. The number of aromatic nitrogens is 1. The van der Waals surface area contributed by atoms with Crippen LogP contribution in [0.1, 0.15) is 0 Å². The Labute approximate surface area is 278 Å². The van der Waals surface area contributed by atoms with Gasteiger partial charge in [0.15, 0.2) is 0 Å². The quantitative estimate of drug-likeness (QED) is 0.192. The van der Waals surface area contributed by atoms with Crippen molar-refractivity contribution in [3.8, 4) is 5.69 Å². The average molecular weight is 611 g/mol. The fraction of sp³-hybridized carbons (Fsp3) is 0. The van der Waals surface area contributed by atoms with Crippen LogP contribution in [0.3, 0.4) is 0 Å². The third-order valence-electron chi connectivity index (χ3n) is 9.85. The summed E-state index contributed by atoms with van der Waals surface area (Å²) in [6, 6.07) is 66.5. The standard InChI is InChI=1S/C46H30N2/c1-4-12-34-25-39(20-17-31(34)9-1)47(40-21-18-32-10-2-5-13-35(32)26-40)42-23-24-45-44(30-42)43-28-37-15-7-8-16-38(37)29-46(43)48(45)41-22-19-33-11-3-6-14-36(33)27-41/h1-30H. The van der Waals surface area contributed by atoms with Crippen LogP contribution in [0.4, 0.5) is 17.1 Å². The molecular formula is C46H30N2. The first-order valence-electron chi connectivity index (χ1n) is 16.5. The molecule has 0 aliphatic heterocycles. The average Bonchev–Trinajstić information content (AvgIpc) is 3.46. The fourth-order valence-corrected chi connectivity index (χ4v) is 7.51. The molecule has 0 saturated heterocycles. The second kappa shape index (κ2) is 10.6. The van der Waals surface area contributed by atoms with Crippen LogP contribution >= 0.6 is 0 Å². The van der Waals surface area contributed by atoms with E-state index in [0.29, 0.717) is 0 Å². The summed E-state index contributed by atoms with van der Waals surface area (Å²) in [5.74, 6) is 0. The predicted molar refractivity (Wildman–Crippen MR) is 205 cm³/mol. The van der Waals surface area contributed by atoms with Crippen molar-refractivity contribution in [2.45, 2.75) is 0 Å². The highest BCUT2D eigenvalue weighted by atomic mass is 15.1. The lowest BCUT2D eigenvalue weighted by atomic mass is 10.0. The minimum absolute atomic E-state index is 1.12. The van der Waals surface area contributed by atoms with Gasteiger partial charge in [0.25, 0.3) is 0 Å². The number of rotatable bonds is 4. The van der Waals surface area contributed by atoms with Gasteiger partial charge in [-0.1, -0.05) is 115 Å². The van der Waals surface area contributed by atoms with E-state index < -0.39 is 0 Å². The van der Waals surface area contributed by atoms with Crippen LogP contribution in [0.5, 0.6) is 0 Å². The van der Waals surface area contributed by atoms with Gasteiger partial charge in [0.1, 0.15) is 0 Å². The van der Waals surface area contributed by atoms with Crippen molar-refractivity contribution in [1.82, 2.24) is 4.57 Å². The van der Waals surface area contributed by atoms with E-state index in [1.54, 1.807) is 0 Å². The van der Waals surface area contributed by atoms with E-state index in [0.717, 1.165) is 22.7 Å². The molecule has 2 nitrogen and oxygen atoms in total. The summed E-state index contributed by atoms with van der Waals surface area (Å²) in [4.78, 5) is 2.40. The summed E-state index contributed by atoms with van der Waals surface area (Å²) >= 11 is 0. The van der Waals surface area contributed by atoms with E-state index >= 15 is 0 Å². The number of hydrogen-bond donors (Lipinski definition) is 0. The zero-order valence-corrected chi connectivity index (χ0v) is 26.2. The van der Waals surface area contributed by atoms with E-state index in [4.69, 9.17) is 0 Å². The number of anilines is 3. The van der Waals surface area contributed by atoms with Crippen LogP contribution in [-0.2, 0) is 0 Å². The zero-order valence-electron chi connectivity index (χ0n) is 26.2. The van der Waals surface area contributed by atoms with Gasteiger partial charge < -0.3 is 9.47 Å². The molecule has 10 rings (SSSR count). The van der Waals surface area contributed by atoms with Gasteiger partial charge >= 0.3 is 0 Å². The van der Waals surface area contributed by atoms with Gasteiger partial charge in [-0.15, -0.1) is 0 Å². The highest BCUT2D eigenvalue weighted by molar-refractivity contribution is 6.15. The van der Waals surface area contributed by atoms with Crippen LogP contribution in [0, 0.1) is 0 Å². The summed E-state index contributed by atoms with van der Waals surface area (Å²) in [7, 11) is 0. The normalized spacial score (nSPS) is 11.8. The van der Waals surface area contributed by atoms with Crippen LogP contribution in [0.15, 0.2) is 182 Å². The molecular weight excluding hydrogens is 581 g/mol. The second-order valence-electron chi connectivity index (χ2n) is 12.7. The topological polar surface area (TPSA) is 8.17 Å². The molecule has 0 N–H and O–H groups in total. The smallest absolute Gasteiger partial charge is 0.0547 e. The first kappa shape index (κ1) is 26.8. The van der Waals surface area contributed by atoms with Crippen molar-refractivity contribution in [2.75, 3.05) is 4.90 Å². The highest BCUT2D eigenvalue weighted by Gasteiger charge is 2.19. The Morgan fingerprint density at radius 1 is 0.292 bits per heavy atom. The summed E-state index contributed by atoms with van der Waals surface area (Å²) < 4.78 is 2.43. The zero-order chi connectivity index (χ0) is 31.6. The lowest BCUT2D eigenvalue weighted by Gasteiger charge is -2.26. The molecule has 48 heavy (non-hydrogen) atoms. The number of nitrogens with zero attached hydrogens (tertiary/aromatic N) is 2. The molecule has 0 unspecified atom stereocenters. The molecule has 1 heterocycles. The Balaban J connectivity index is 1.25. The van der Waals surface area contributed by atoms with Gasteiger partial charge in [-0.05, 0) is 110 Å². The lowest BCUT2D eigenvalue weighted by Crippen LogP contribution is -2.10. The van der Waals surface area contributed by atoms with Crippen molar-refractivity contribution in [3.63, 3.8) is 0 Å². The molecule has 0 atom stereocenters. The monoisotopic (exact) mass is 610 g/mol. The lowest BCUT2D eigenvalue weighted by molar-refractivity contribution is 1.19. The first-order valence-corrected chi connectivity index (χ1v) is 16.5. The molecule has 2 heteroatoms. The Morgan fingerprint density at radius 2 is 0.708 bits per heavy atom. The largest absolute Gasteiger partial charge is 0.310 e. The number of benzene rings is 9. The molecule has 0 spiro atoms. The van der Waals surface area contributed by atoms with Crippen molar-refractivity contribution in [1.29, 1.82) is 0 Å². The van der Waals surface area contributed by atoms with Gasteiger partial charge in [-0.3, -0.25) is 0 Å². The van der Waals surface area contributed by atoms with E-state index in [1.807, 2.05) is 0 Å². The van der Waals surface area contributed by atoms with Gasteiger partial charge in [-0.25, -0.2) is 0 Å². The SMILES string of the molecule is c1ccc2cc(N(c3ccc4ccccc4c3)c3ccc4c(c3)c3cc5ccccc5cc3n4-c3ccc4ccccc4c3)ccc2c1. The van der Waals surface area contributed by atoms with E-state index in [1.165, 1.54) is 64.9 Å². The third-order valence-corrected chi connectivity index (χ3v) is 9.85. The molecule has 1 aromatic heterocycles. The maximum atomic E-state index is 2.43. The summed E-state index contributed by atoms with van der Waals surface area (Å²) in [5, 5.41) is 12.4. The van der Waals surface area contributed by atoms with Crippen molar-refractivity contribution < 1.29 is 0 Å². The molecule has 224 valence electrons. The van der Waals surface area contributed by atoms with Crippen molar-refractivity contribution >= 4 is 82.0 Å². The Morgan fingerprint density at radius 3 is 1.29 bits per heavy atom. The minimum atomic E-state index is 1.12. The first-order chi connectivity index (χ1) is 23.8. The highest BCUT2D eigenvalue weighted by Crippen LogP contribution is 2.42. The molecule has 9 aromatic carbocycles. The maximum Gasteiger partial charge on any atom is 0.0547 e. The molecule has 0 saturated carbocycles. The molecule has 0 aliphatic rings. The van der Waals surface area contributed by atoms with Crippen molar-refractivity contribution in [2.24, 2.45) is 0 Å². The molecule has 10 aromatic rings. The van der Waals surface area contributed by atoms with Gasteiger partial charge in [0, 0.05) is 33.5 Å². The molecule has 0 aliphatic carbocycles. The summed E-state index contributed by atoms with van der Waals surface area (Å²) in [6.45, 7) is 0. The Bertz CT molecular complexity index is 2780. The number of fused-ring (bicyclic) bond motifs is 7. The molecule has 0 radical (unpaired) electrons. The fourth-order valence-electron chi connectivity index (χ4n) is 7.51. The van der Waals surface area contributed by atoms with Crippen LogP contribution in [-0.4, -0.2) is 4.57 Å². The Hall–Kier alpha value is -6.38. The molecule has 0 fully saturated rings. The third kappa shape index (κ3) is 4.27. The van der Waals surface area contributed by atoms with E-state index in [2.05, 4.69) is 191 Å². The Kier molecular flexibility index (Phi) is 5.91. The van der Waals surface area contributed by atoms with Crippen molar-refractivity contribution in [3.05, 3.63) is 182 Å². The summed E-state index contributed by atoms with van der Waals surface area (Å²) in [5.41, 5.74) is 6.95. The van der Waals surface area contributed by atoms with Gasteiger partial charge in [0.2, 0.25) is 0 Å². The van der Waals surface area contributed by atoms with E-state index in [-0.39, 0.29) is 0 Å². The molecule has 0 amide bonds. The van der Waals surface area contributed by atoms with Crippen LogP contribution in [0.2, 0.25) is 0 Å². The van der Waals surface area contributed by atoms with Gasteiger partial charge in [0.05, 0.1) is 11.0 Å². The van der Waals surface area contributed by atoms with E-state index in [9.17, 15) is 0 Å². The maximum absolute atomic E-state index is 2.43. The molecule has 0 bridgehead atoms. The minimum Gasteiger partial charge on any atom is -0.310 e. The van der Waals surface area contributed by atoms with Crippen LogP contribution in [0.25, 0.3) is 70.6 Å². The number of hydrogen-bond acceptors (Lipinski definition) is 1. The van der Waals surface area contributed by atoms with Gasteiger partial charge in [-0.2, -0.15) is 0 Å².